The summed E-state index contributed by atoms with van der Waals surface area (Å²) in [5.41, 5.74) is 4.64. The number of hydrogen-bond acceptors (Lipinski definition) is 1. The largest absolute Gasteiger partial charge is 0.456 e. The number of fused-ring (bicyclic) bond motifs is 7. The average Bonchev–Trinajstić information content (AvgIpc) is 2.98. The van der Waals surface area contributed by atoms with Gasteiger partial charge in [-0.15, -0.1) is 0 Å². The zero-order valence-corrected chi connectivity index (χ0v) is 15.7. The van der Waals surface area contributed by atoms with Crippen molar-refractivity contribution >= 4 is 43.5 Å². The fourth-order valence-corrected chi connectivity index (χ4v) is 4.46. The lowest BCUT2D eigenvalue weighted by molar-refractivity contribution is 0.569. The minimum atomic E-state index is 0.0370. The van der Waals surface area contributed by atoms with Crippen LogP contribution in [0.5, 0.6) is 0 Å². The maximum absolute atomic E-state index is 6.45. The van der Waals surface area contributed by atoms with Gasteiger partial charge < -0.3 is 4.42 Å². The molecule has 128 valence electrons. The number of furan rings is 1. The first-order valence-electron chi connectivity index (χ1n) is 9.22. The smallest absolute Gasteiger partial charge is 0.139 e. The molecule has 0 aliphatic heterocycles. The summed E-state index contributed by atoms with van der Waals surface area (Å²) in [5, 5.41) is 7.57. The Morgan fingerprint density at radius 1 is 0.692 bits per heavy atom. The minimum absolute atomic E-state index is 0.0370. The SMILES string of the molecule is Cc1ccc2c(oc3ccc4ccc5ccccc5c4c32)c1C(C)(C)C. The molecule has 1 heterocycles. The van der Waals surface area contributed by atoms with E-state index < -0.39 is 0 Å². The topological polar surface area (TPSA) is 13.1 Å². The lowest BCUT2D eigenvalue weighted by Gasteiger charge is -2.21. The highest BCUT2D eigenvalue weighted by molar-refractivity contribution is 6.26. The zero-order valence-electron chi connectivity index (χ0n) is 15.7. The van der Waals surface area contributed by atoms with Crippen molar-refractivity contribution in [2.75, 3.05) is 0 Å². The van der Waals surface area contributed by atoms with Crippen molar-refractivity contribution in [1.82, 2.24) is 0 Å². The average molecular weight is 338 g/mol. The van der Waals surface area contributed by atoms with Crippen LogP contribution in [0.1, 0.15) is 31.9 Å². The van der Waals surface area contributed by atoms with E-state index in [4.69, 9.17) is 4.42 Å². The van der Waals surface area contributed by atoms with Gasteiger partial charge in [-0.3, -0.25) is 0 Å². The van der Waals surface area contributed by atoms with Gasteiger partial charge in [-0.2, -0.15) is 0 Å². The standard InChI is InChI=1S/C25H22O/c1-15-9-13-19-22-20(26-24(19)23(15)25(2,3)4)14-12-17-11-10-16-7-5-6-8-18(16)21(17)22/h5-14H,1-4H3. The van der Waals surface area contributed by atoms with E-state index in [1.165, 1.54) is 43.4 Å². The fourth-order valence-electron chi connectivity index (χ4n) is 4.46. The van der Waals surface area contributed by atoms with Crippen molar-refractivity contribution in [3.8, 4) is 0 Å². The highest BCUT2D eigenvalue weighted by Gasteiger charge is 2.23. The molecule has 5 aromatic rings. The quantitative estimate of drug-likeness (QED) is 0.266. The van der Waals surface area contributed by atoms with E-state index in [1.807, 2.05) is 0 Å². The van der Waals surface area contributed by atoms with Gasteiger partial charge in [0, 0.05) is 21.7 Å². The molecule has 5 rings (SSSR count). The molecular formula is C25H22O. The highest BCUT2D eigenvalue weighted by Crippen LogP contribution is 2.42. The lowest BCUT2D eigenvalue weighted by atomic mass is 9.83. The van der Waals surface area contributed by atoms with Gasteiger partial charge in [-0.1, -0.05) is 75.4 Å². The second-order valence-electron chi connectivity index (χ2n) is 8.31. The third-order valence-electron chi connectivity index (χ3n) is 5.47. The zero-order chi connectivity index (χ0) is 18.1. The van der Waals surface area contributed by atoms with E-state index in [9.17, 15) is 0 Å². The molecule has 1 aromatic heterocycles. The van der Waals surface area contributed by atoms with Crippen LogP contribution in [0.25, 0.3) is 43.5 Å². The van der Waals surface area contributed by atoms with Crippen LogP contribution >= 0.6 is 0 Å². The summed E-state index contributed by atoms with van der Waals surface area (Å²) in [7, 11) is 0. The molecule has 0 aliphatic rings. The Bertz CT molecular complexity index is 1310. The Morgan fingerprint density at radius 3 is 2.23 bits per heavy atom. The first kappa shape index (κ1) is 15.5. The van der Waals surface area contributed by atoms with Crippen LogP contribution in [0, 0.1) is 6.92 Å². The molecule has 0 radical (unpaired) electrons. The van der Waals surface area contributed by atoms with Crippen LogP contribution in [0.2, 0.25) is 0 Å². The van der Waals surface area contributed by atoms with Gasteiger partial charge in [-0.05, 0) is 40.1 Å². The van der Waals surface area contributed by atoms with Crippen molar-refractivity contribution in [3.05, 3.63) is 71.8 Å². The first-order valence-corrected chi connectivity index (χ1v) is 9.22. The summed E-state index contributed by atoms with van der Waals surface area (Å²) in [6.45, 7) is 8.96. The molecule has 0 spiro atoms. The Balaban J connectivity index is 2.08. The summed E-state index contributed by atoms with van der Waals surface area (Å²) in [4.78, 5) is 0. The van der Waals surface area contributed by atoms with Crippen LogP contribution < -0.4 is 0 Å². The van der Waals surface area contributed by atoms with Gasteiger partial charge in [0.15, 0.2) is 0 Å². The Kier molecular flexibility index (Phi) is 3.04. The van der Waals surface area contributed by atoms with Crippen molar-refractivity contribution in [2.45, 2.75) is 33.1 Å². The van der Waals surface area contributed by atoms with E-state index in [0.717, 1.165) is 11.2 Å². The second kappa shape index (κ2) is 5.11. The van der Waals surface area contributed by atoms with Gasteiger partial charge in [0.2, 0.25) is 0 Å². The Morgan fingerprint density at radius 2 is 1.42 bits per heavy atom. The molecule has 4 aromatic carbocycles. The van der Waals surface area contributed by atoms with Crippen molar-refractivity contribution in [1.29, 1.82) is 0 Å². The van der Waals surface area contributed by atoms with Crippen molar-refractivity contribution < 1.29 is 4.42 Å². The van der Waals surface area contributed by atoms with Gasteiger partial charge in [-0.25, -0.2) is 0 Å². The van der Waals surface area contributed by atoms with Crippen LogP contribution in [-0.4, -0.2) is 0 Å². The summed E-state index contributed by atoms with van der Waals surface area (Å²) in [5.74, 6) is 0. The van der Waals surface area contributed by atoms with Crippen LogP contribution in [0.3, 0.4) is 0 Å². The molecule has 0 amide bonds. The molecule has 1 heteroatoms. The number of hydrogen-bond donors (Lipinski definition) is 0. The van der Waals surface area contributed by atoms with Crippen LogP contribution in [0.15, 0.2) is 65.1 Å². The number of rotatable bonds is 0. The predicted octanol–water partition coefficient (Wildman–Crippen LogP) is 7.50. The maximum atomic E-state index is 6.45. The third-order valence-corrected chi connectivity index (χ3v) is 5.47. The highest BCUT2D eigenvalue weighted by atomic mass is 16.3. The van der Waals surface area contributed by atoms with E-state index in [-0.39, 0.29) is 5.41 Å². The molecular weight excluding hydrogens is 316 g/mol. The summed E-state index contributed by atoms with van der Waals surface area (Å²) >= 11 is 0. The number of aryl methyl sites for hydroxylation is 1. The van der Waals surface area contributed by atoms with E-state index in [2.05, 4.69) is 88.4 Å². The van der Waals surface area contributed by atoms with Crippen molar-refractivity contribution in [2.24, 2.45) is 0 Å². The van der Waals surface area contributed by atoms with Gasteiger partial charge >= 0.3 is 0 Å². The maximum Gasteiger partial charge on any atom is 0.139 e. The second-order valence-corrected chi connectivity index (χ2v) is 8.31. The summed E-state index contributed by atoms with van der Waals surface area (Å²) < 4.78 is 6.45. The van der Waals surface area contributed by atoms with Crippen LogP contribution in [-0.2, 0) is 5.41 Å². The Hall–Kier alpha value is -2.80. The lowest BCUT2D eigenvalue weighted by Crippen LogP contribution is -2.13. The van der Waals surface area contributed by atoms with Crippen molar-refractivity contribution in [3.63, 3.8) is 0 Å². The first-order chi connectivity index (χ1) is 12.4. The van der Waals surface area contributed by atoms with Gasteiger partial charge in [0.1, 0.15) is 11.2 Å². The van der Waals surface area contributed by atoms with Gasteiger partial charge in [0.05, 0.1) is 0 Å². The van der Waals surface area contributed by atoms with E-state index >= 15 is 0 Å². The molecule has 0 atom stereocenters. The van der Waals surface area contributed by atoms with Gasteiger partial charge in [0.25, 0.3) is 0 Å². The number of benzene rings is 4. The normalized spacial score (nSPS) is 12.6. The predicted molar refractivity (Wildman–Crippen MR) is 112 cm³/mol. The third kappa shape index (κ3) is 2.03. The van der Waals surface area contributed by atoms with E-state index in [1.54, 1.807) is 0 Å². The molecule has 26 heavy (non-hydrogen) atoms. The molecule has 0 aliphatic carbocycles. The molecule has 0 fully saturated rings. The minimum Gasteiger partial charge on any atom is -0.456 e. The van der Waals surface area contributed by atoms with Crippen LogP contribution in [0.4, 0.5) is 0 Å². The molecule has 0 saturated carbocycles. The molecule has 1 nitrogen and oxygen atoms in total. The molecule has 0 unspecified atom stereocenters. The monoisotopic (exact) mass is 338 g/mol. The Labute approximate surface area is 153 Å². The summed E-state index contributed by atoms with van der Waals surface area (Å²) in [6, 6.07) is 21.8. The van der Waals surface area contributed by atoms with E-state index in [0.29, 0.717) is 0 Å². The molecule has 0 N–H and O–H groups in total. The summed E-state index contributed by atoms with van der Waals surface area (Å²) in [6.07, 6.45) is 0. The molecule has 0 saturated heterocycles. The fraction of sp³-hybridized carbons (Fsp3) is 0.200. The molecule has 0 bridgehead atoms.